The van der Waals surface area contributed by atoms with Crippen molar-refractivity contribution >= 4 is 15.9 Å². The van der Waals surface area contributed by atoms with E-state index in [0.717, 1.165) is 10.9 Å². The number of hydrogen-bond donors (Lipinski definition) is 2. The van der Waals surface area contributed by atoms with E-state index in [4.69, 9.17) is 5.11 Å². The maximum Gasteiger partial charge on any atom is 0.387 e. The molecule has 0 aromatic heterocycles. The molecule has 1 rings (SSSR count). The molecule has 3 nitrogen and oxygen atoms in total. The van der Waals surface area contributed by atoms with Crippen LogP contribution in [0.3, 0.4) is 0 Å². The third-order valence-electron chi connectivity index (χ3n) is 2.53. The van der Waals surface area contributed by atoms with E-state index in [2.05, 4.69) is 26.0 Å². The maximum absolute atomic E-state index is 12.2. The van der Waals surface area contributed by atoms with Crippen LogP contribution in [0.4, 0.5) is 8.78 Å². The monoisotopic (exact) mass is 323 g/mol. The van der Waals surface area contributed by atoms with Crippen molar-refractivity contribution < 1.29 is 18.6 Å². The number of halogens is 3. The van der Waals surface area contributed by atoms with Gasteiger partial charge >= 0.3 is 6.61 Å². The molecule has 1 aromatic rings. The Labute approximate surface area is 113 Å². The summed E-state index contributed by atoms with van der Waals surface area (Å²) in [5, 5.41) is 12.1. The lowest BCUT2D eigenvalue weighted by atomic mass is 10.1. The van der Waals surface area contributed by atoms with E-state index < -0.39 is 6.61 Å². The first-order valence-corrected chi connectivity index (χ1v) is 6.43. The molecule has 0 bridgehead atoms. The number of ether oxygens (including phenoxy) is 1. The van der Waals surface area contributed by atoms with E-state index in [1.165, 1.54) is 6.07 Å². The van der Waals surface area contributed by atoms with Gasteiger partial charge in [0.15, 0.2) is 0 Å². The predicted octanol–water partition coefficient (Wildman–Crippen LogP) is 2.91. The van der Waals surface area contributed by atoms with Gasteiger partial charge in [-0.2, -0.15) is 8.78 Å². The molecule has 6 heteroatoms. The van der Waals surface area contributed by atoms with Crippen molar-refractivity contribution in [1.29, 1.82) is 0 Å². The van der Waals surface area contributed by atoms with Crippen LogP contribution in [0, 0.1) is 0 Å². The molecule has 0 saturated heterocycles. The second-order valence-corrected chi connectivity index (χ2v) is 4.71. The minimum absolute atomic E-state index is 0.00947. The van der Waals surface area contributed by atoms with Crippen LogP contribution in [0.25, 0.3) is 0 Å². The number of aliphatic hydroxyl groups excluding tert-OH is 1. The van der Waals surface area contributed by atoms with Crippen LogP contribution in [0.2, 0.25) is 0 Å². The number of rotatable bonds is 7. The largest absolute Gasteiger partial charge is 0.434 e. The van der Waals surface area contributed by atoms with Crippen molar-refractivity contribution in [1.82, 2.24) is 5.32 Å². The first-order chi connectivity index (χ1) is 8.56. The number of benzene rings is 1. The molecule has 18 heavy (non-hydrogen) atoms. The van der Waals surface area contributed by atoms with Gasteiger partial charge in [0, 0.05) is 22.6 Å². The van der Waals surface area contributed by atoms with Gasteiger partial charge in [0.2, 0.25) is 0 Å². The maximum atomic E-state index is 12.2. The van der Waals surface area contributed by atoms with Crippen molar-refractivity contribution in [3.8, 4) is 5.75 Å². The Bertz CT molecular complexity index is 373. The molecule has 0 saturated carbocycles. The van der Waals surface area contributed by atoms with E-state index in [0.29, 0.717) is 12.1 Å². The van der Waals surface area contributed by atoms with E-state index in [1.807, 2.05) is 6.92 Å². The van der Waals surface area contributed by atoms with Crippen molar-refractivity contribution in [3.05, 3.63) is 28.2 Å². The van der Waals surface area contributed by atoms with Crippen LogP contribution in [0.5, 0.6) is 5.75 Å². The second kappa shape index (κ2) is 7.66. The van der Waals surface area contributed by atoms with Crippen molar-refractivity contribution in [2.45, 2.75) is 32.5 Å². The average Bonchev–Trinajstić information content (AvgIpc) is 2.33. The van der Waals surface area contributed by atoms with Gasteiger partial charge in [0.05, 0.1) is 6.61 Å². The average molecular weight is 324 g/mol. The van der Waals surface area contributed by atoms with Crippen molar-refractivity contribution in [2.24, 2.45) is 0 Å². The Morgan fingerprint density at radius 2 is 2.17 bits per heavy atom. The summed E-state index contributed by atoms with van der Waals surface area (Å²) in [6, 6.07) is 4.80. The molecule has 102 valence electrons. The van der Waals surface area contributed by atoms with Crippen LogP contribution in [-0.4, -0.2) is 24.4 Å². The molecule has 0 unspecified atom stereocenters. The molecule has 1 atom stereocenters. The SMILES string of the molecule is CC[C@H](CO)NCc1cc(Br)ccc1OC(F)F. The molecular weight excluding hydrogens is 308 g/mol. The van der Waals surface area contributed by atoms with Gasteiger partial charge in [-0.3, -0.25) is 0 Å². The summed E-state index contributed by atoms with van der Waals surface area (Å²) in [6.45, 7) is -0.536. The molecule has 0 heterocycles. The highest BCUT2D eigenvalue weighted by atomic mass is 79.9. The fraction of sp³-hybridized carbons (Fsp3) is 0.500. The first-order valence-electron chi connectivity index (χ1n) is 5.64. The Hall–Kier alpha value is -0.720. The van der Waals surface area contributed by atoms with Crippen LogP contribution < -0.4 is 10.1 Å². The highest BCUT2D eigenvalue weighted by Gasteiger charge is 2.11. The zero-order valence-corrected chi connectivity index (χ0v) is 11.6. The van der Waals surface area contributed by atoms with Gasteiger partial charge < -0.3 is 15.2 Å². The molecular formula is C12H16BrF2NO2. The molecule has 0 spiro atoms. The number of alkyl halides is 2. The van der Waals surface area contributed by atoms with Crippen LogP contribution in [0.1, 0.15) is 18.9 Å². The van der Waals surface area contributed by atoms with Gasteiger partial charge in [0.1, 0.15) is 5.75 Å². The lowest BCUT2D eigenvalue weighted by molar-refractivity contribution is -0.0505. The van der Waals surface area contributed by atoms with Gasteiger partial charge in [0.25, 0.3) is 0 Å². The van der Waals surface area contributed by atoms with E-state index in [1.54, 1.807) is 12.1 Å². The van der Waals surface area contributed by atoms with Crippen molar-refractivity contribution in [3.63, 3.8) is 0 Å². The second-order valence-electron chi connectivity index (χ2n) is 3.80. The van der Waals surface area contributed by atoms with E-state index >= 15 is 0 Å². The molecule has 0 aliphatic carbocycles. The summed E-state index contributed by atoms with van der Waals surface area (Å²) >= 11 is 3.28. The van der Waals surface area contributed by atoms with Crippen molar-refractivity contribution in [2.75, 3.05) is 6.61 Å². The molecule has 2 N–H and O–H groups in total. The molecule has 0 aliphatic heterocycles. The molecule has 0 fully saturated rings. The fourth-order valence-corrected chi connectivity index (χ4v) is 1.90. The smallest absolute Gasteiger partial charge is 0.387 e. The zero-order chi connectivity index (χ0) is 13.5. The van der Waals surface area contributed by atoms with E-state index in [9.17, 15) is 8.78 Å². The standard InChI is InChI=1S/C12H16BrF2NO2/c1-2-10(7-17)16-6-8-5-9(13)3-4-11(8)18-12(14)15/h3-5,10,12,16-17H,2,6-7H2,1H3/t10-/m1/s1. The van der Waals surface area contributed by atoms with Gasteiger partial charge in [-0.1, -0.05) is 22.9 Å². The van der Waals surface area contributed by atoms with Crippen LogP contribution in [0.15, 0.2) is 22.7 Å². The summed E-state index contributed by atoms with van der Waals surface area (Å²) in [5.41, 5.74) is 0.622. The normalized spacial score (nSPS) is 12.8. The quantitative estimate of drug-likeness (QED) is 0.810. The number of nitrogens with one attached hydrogen (secondary N) is 1. The Morgan fingerprint density at radius 1 is 1.44 bits per heavy atom. The number of aliphatic hydroxyl groups is 1. The molecule has 1 aromatic carbocycles. The molecule has 0 aliphatic rings. The third-order valence-corrected chi connectivity index (χ3v) is 3.03. The lowest BCUT2D eigenvalue weighted by Gasteiger charge is -2.16. The van der Waals surface area contributed by atoms with Gasteiger partial charge in [-0.25, -0.2) is 0 Å². The summed E-state index contributed by atoms with van der Waals surface area (Å²) in [5.74, 6) is 0.147. The number of hydrogen-bond acceptors (Lipinski definition) is 3. The summed E-state index contributed by atoms with van der Waals surface area (Å²) in [7, 11) is 0. The Balaban J connectivity index is 2.75. The fourth-order valence-electron chi connectivity index (χ4n) is 1.49. The van der Waals surface area contributed by atoms with Gasteiger partial charge in [-0.15, -0.1) is 0 Å². The van der Waals surface area contributed by atoms with Crippen LogP contribution >= 0.6 is 15.9 Å². The topological polar surface area (TPSA) is 41.5 Å². The summed E-state index contributed by atoms with van der Waals surface area (Å²) < 4.78 is 29.7. The zero-order valence-electron chi connectivity index (χ0n) is 10.00. The molecule has 0 radical (unpaired) electrons. The predicted molar refractivity (Wildman–Crippen MR) is 68.8 cm³/mol. The minimum atomic E-state index is -2.84. The van der Waals surface area contributed by atoms with E-state index in [-0.39, 0.29) is 18.4 Å². The summed E-state index contributed by atoms with van der Waals surface area (Å²) in [4.78, 5) is 0. The van der Waals surface area contributed by atoms with Crippen LogP contribution in [-0.2, 0) is 6.54 Å². The first kappa shape index (κ1) is 15.3. The Morgan fingerprint density at radius 3 is 2.72 bits per heavy atom. The highest BCUT2D eigenvalue weighted by Crippen LogP contribution is 2.24. The highest BCUT2D eigenvalue weighted by molar-refractivity contribution is 9.10. The third kappa shape index (κ3) is 4.88. The Kier molecular flexibility index (Phi) is 6.52. The summed E-state index contributed by atoms with van der Waals surface area (Å²) in [6.07, 6.45) is 0.759. The minimum Gasteiger partial charge on any atom is -0.434 e. The molecule has 0 amide bonds. The lowest BCUT2D eigenvalue weighted by Crippen LogP contribution is -2.31. The van der Waals surface area contributed by atoms with Gasteiger partial charge in [-0.05, 0) is 24.6 Å².